The van der Waals surface area contributed by atoms with Gasteiger partial charge in [-0.1, -0.05) is 0 Å². The van der Waals surface area contributed by atoms with Gasteiger partial charge in [-0.3, -0.25) is 4.79 Å². The molecular weight excluding hydrogens is 228 g/mol. The molecule has 0 radical (unpaired) electrons. The fourth-order valence-electron chi connectivity index (χ4n) is 3.90. The Morgan fingerprint density at radius 1 is 1.00 bits per heavy atom. The largest absolute Gasteiger partial charge is 0.481 e. The van der Waals surface area contributed by atoms with Crippen molar-refractivity contribution in [1.29, 1.82) is 0 Å². The molecule has 2 aliphatic rings. The second-order valence-corrected chi connectivity index (χ2v) is 6.19. The molecule has 0 bridgehead atoms. The highest BCUT2D eigenvalue weighted by atomic mass is 16.5. The molecule has 1 N–H and O–H groups in total. The van der Waals surface area contributed by atoms with E-state index in [1.165, 1.54) is 25.7 Å². The first kappa shape index (κ1) is 13.9. The second kappa shape index (κ2) is 6.55. The summed E-state index contributed by atoms with van der Waals surface area (Å²) >= 11 is 0. The summed E-state index contributed by atoms with van der Waals surface area (Å²) in [6, 6.07) is 0. The standard InChI is InChI=1S/C15H26O3/c1-18-10-11-2-4-12(5-3-11)13-6-8-14(9-7-13)15(16)17/h11-14H,2-10H2,1H3,(H,16,17)/t11-,12-,13?,14?. The number of aliphatic carboxylic acids is 1. The Bertz CT molecular complexity index is 261. The van der Waals surface area contributed by atoms with E-state index in [9.17, 15) is 4.79 Å². The van der Waals surface area contributed by atoms with Gasteiger partial charge in [-0.2, -0.15) is 0 Å². The maximum atomic E-state index is 10.9. The summed E-state index contributed by atoms with van der Waals surface area (Å²) in [6.45, 7) is 0.915. The van der Waals surface area contributed by atoms with Gasteiger partial charge in [-0.25, -0.2) is 0 Å². The lowest BCUT2D eigenvalue weighted by atomic mass is 9.69. The zero-order valence-electron chi connectivity index (χ0n) is 11.4. The average Bonchev–Trinajstić information content (AvgIpc) is 2.40. The van der Waals surface area contributed by atoms with Gasteiger partial charge in [-0.05, 0) is 69.1 Å². The number of hydrogen-bond donors (Lipinski definition) is 1. The van der Waals surface area contributed by atoms with E-state index in [4.69, 9.17) is 9.84 Å². The fourth-order valence-corrected chi connectivity index (χ4v) is 3.90. The lowest BCUT2D eigenvalue weighted by molar-refractivity contribution is -0.143. The van der Waals surface area contributed by atoms with Crippen LogP contribution < -0.4 is 0 Å². The van der Waals surface area contributed by atoms with Gasteiger partial charge in [0.2, 0.25) is 0 Å². The molecule has 0 aliphatic heterocycles. The van der Waals surface area contributed by atoms with Crippen LogP contribution in [0, 0.1) is 23.7 Å². The summed E-state index contributed by atoms with van der Waals surface area (Å²) < 4.78 is 5.24. The molecular formula is C15H26O3. The fraction of sp³-hybridized carbons (Fsp3) is 0.933. The lowest BCUT2D eigenvalue weighted by Gasteiger charge is -2.37. The smallest absolute Gasteiger partial charge is 0.306 e. The summed E-state index contributed by atoms with van der Waals surface area (Å²) in [5, 5.41) is 9.01. The summed E-state index contributed by atoms with van der Waals surface area (Å²) in [6.07, 6.45) is 9.34. The third-order valence-electron chi connectivity index (χ3n) is 5.08. The van der Waals surface area contributed by atoms with Crippen LogP contribution in [0.1, 0.15) is 51.4 Å². The number of ether oxygens (including phenoxy) is 1. The first-order valence-corrected chi connectivity index (χ1v) is 7.42. The SMILES string of the molecule is COC[C@H]1CC[C@H](C2CCC(C(=O)O)CC2)CC1. The molecule has 0 amide bonds. The molecule has 0 aromatic heterocycles. The minimum absolute atomic E-state index is 0.0638. The van der Waals surface area contributed by atoms with Crippen LogP contribution in [-0.4, -0.2) is 24.8 Å². The van der Waals surface area contributed by atoms with Crippen molar-refractivity contribution in [1.82, 2.24) is 0 Å². The van der Waals surface area contributed by atoms with E-state index in [2.05, 4.69) is 0 Å². The molecule has 0 spiro atoms. The molecule has 2 saturated carbocycles. The van der Waals surface area contributed by atoms with E-state index in [-0.39, 0.29) is 5.92 Å². The highest BCUT2D eigenvalue weighted by molar-refractivity contribution is 5.69. The Kier molecular flexibility index (Phi) is 5.04. The van der Waals surface area contributed by atoms with E-state index in [0.29, 0.717) is 0 Å². The summed E-state index contributed by atoms with van der Waals surface area (Å²) in [4.78, 5) is 10.9. The van der Waals surface area contributed by atoms with Crippen molar-refractivity contribution in [3.05, 3.63) is 0 Å². The number of hydrogen-bond acceptors (Lipinski definition) is 2. The zero-order chi connectivity index (χ0) is 13.0. The second-order valence-electron chi connectivity index (χ2n) is 6.19. The zero-order valence-corrected chi connectivity index (χ0v) is 11.4. The van der Waals surface area contributed by atoms with Crippen LogP contribution in [0.2, 0.25) is 0 Å². The van der Waals surface area contributed by atoms with Crippen LogP contribution in [-0.2, 0) is 9.53 Å². The van der Waals surface area contributed by atoms with Gasteiger partial charge in [0.25, 0.3) is 0 Å². The Balaban J connectivity index is 1.73. The number of carboxylic acids is 1. The predicted molar refractivity (Wildman–Crippen MR) is 70.4 cm³/mol. The molecule has 0 atom stereocenters. The molecule has 2 fully saturated rings. The Labute approximate surface area is 110 Å². The van der Waals surface area contributed by atoms with E-state index < -0.39 is 5.97 Å². The van der Waals surface area contributed by atoms with Gasteiger partial charge in [0, 0.05) is 13.7 Å². The van der Waals surface area contributed by atoms with E-state index in [1.807, 2.05) is 0 Å². The van der Waals surface area contributed by atoms with Gasteiger partial charge < -0.3 is 9.84 Å². The third-order valence-corrected chi connectivity index (χ3v) is 5.08. The summed E-state index contributed by atoms with van der Waals surface area (Å²) in [5.41, 5.74) is 0. The summed E-state index contributed by atoms with van der Waals surface area (Å²) in [7, 11) is 1.79. The van der Waals surface area contributed by atoms with Crippen molar-refractivity contribution in [3.8, 4) is 0 Å². The maximum absolute atomic E-state index is 10.9. The normalized spacial score (nSPS) is 37.4. The molecule has 3 nitrogen and oxygen atoms in total. The number of carbonyl (C=O) groups is 1. The number of methoxy groups -OCH3 is 1. The molecule has 0 aromatic rings. The first-order chi connectivity index (χ1) is 8.70. The van der Waals surface area contributed by atoms with Crippen molar-refractivity contribution in [2.75, 3.05) is 13.7 Å². The molecule has 0 unspecified atom stereocenters. The Hall–Kier alpha value is -0.570. The van der Waals surface area contributed by atoms with Crippen LogP contribution in [0.25, 0.3) is 0 Å². The van der Waals surface area contributed by atoms with Crippen molar-refractivity contribution >= 4 is 5.97 Å². The van der Waals surface area contributed by atoms with Crippen LogP contribution >= 0.6 is 0 Å². The van der Waals surface area contributed by atoms with E-state index in [0.717, 1.165) is 50.0 Å². The van der Waals surface area contributed by atoms with Crippen molar-refractivity contribution in [2.24, 2.45) is 23.7 Å². The predicted octanol–water partition coefficient (Wildman–Crippen LogP) is 3.33. The van der Waals surface area contributed by atoms with Crippen LogP contribution in [0.15, 0.2) is 0 Å². The minimum Gasteiger partial charge on any atom is -0.481 e. The van der Waals surface area contributed by atoms with Crippen LogP contribution in [0.3, 0.4) is 0 Å². The van der Waals surface area contributed by atoms with Crippen molar-refractivity contribution < 1.29 is 14.6 Å². The quantitative estimate of drug-likeness (QED) is 0.837. The monoisotopic (exact) mass is 254 g/mol. The molecule has 3 heteroatoms. The van der Waals surface area contributed by atoms with Crippen molar-refractivity contribution in [2.45, 2.75) is 51.4 Å². The first-order valence-electron chi connectivity index (χ1n) is 7.42. The number of carboxylic acid groups (broad SMARTS) is 1. The van der Waals surface area contributed by atoms with E-state index >= 15 is 0 Å². The van der Waals surface area contributed by atoms with Gasteiger partial charge in [0.05, 0.1) is 5.92 Å². The molecule has 0 aromatic carbocycles. The minimum atomic E-state index is -0.586. The molecule has 2 rings (SSSR count). The topological polar surface area (TPSA) is 46.5 Å². The van der Waals surface area contributed by atoms with Gasteiger partial charge in [0.15, 0.2) is 0 Å². The average molecular weight is 254 g/mol. The third kappa shape index (κ3) is 3.47. The van der Waals surface area contributed by atoms with Gasteiger partial charge in [-0.15, -0.1) is 0 Å². The maximum Gasteiger partial charge on any atom is 0.306 e. The summed E-state index contributed by atoms with van der Waals surface area (Å²) in [5.74, 6) is 1.77. The molecule has 2 aliphatic carbocycles. The highest BCUT2D eigenvalue weighted by Crippen LogP contribution is 2.41. The molecule has 0 saturated heterocycles. The van der Waals surface area contributed by atoms with Gasteiger partial charge in [0.1, 0.15) is 0 Å². The Morgan fingerprint density at radius 3 is 1.94 bits per heavy atom. The van der Waals surface area contributed by atoms with Crippen LogP contribution in [0.4, 0.5) is 0 Å². The van der Waals surface area contributed by atoms with E-state index in [1.54, 1.807) is 7.11 Å². The highest BCUT2D eigenvalue weighted by Gasteiger charge is 2.32. The Morgan fingerprint density at radius 2 is 1.50 bits per heavy atom. The molecule has 0 heterocycles. The van der Waals surface area contributed by atoms with Crippen molar-refractivity contribution in [3.63, 3.8) is 0 Å². The number of rotatable bonds is 4. The lowest BCUT2D eigenvalue weighted by Crippen LogP contribution is -2.28. The molecule has 18 heavy (non-hydrogen) atoms. The van der Waals surface area contributed by atoms with Crippen LogP contribution in [0.5, 0.6) is 0 Å². The van der Waals surface area contributed by atoms with Gasteiger partial charge >= 0.3 is 5.97 Å². The molecule has 104 valence electrons.